The number of aromatic nitrogens is 1. The fourth-order valence-electron chi connectivity index (χ4n) is 4.79. The number of hydrogen-bond acceptors (Lipinski definition) is 4. The first kappa shape index (κ1) is 28.2. The third-order valence-electron chi connectivity index (χ3n) is 6.74. The molecule has 0 saturated heterocycles. The van der Waals surface area contributed by atoms with Gasteiger partial charge in [0, 0.05) is 35.8 Å². The fraction of sp³-hybridized carbons (Fsp3) is 0.333. The van der Waals surface area contributed by atoms with Crippen molar-refractivity contribution in [1.82, 2.24) is 10.3 Å². The second kappa shape index (κ2) is 13.8. The molecule has 204 valence electrons. The molecule has 1 aliphatic carbocycles. The van der Waals surface area contributed by atoms with Crippen LogP contribution < -0.4 is 15.5 Å². The number of amides is 3. The molecule has 0 aliphatic heterocycles. The van der Waals surface area contributed by atoms with E-state index in [1.807, 2.05) is 0 Å². The van der Waals surface area contributed by atoms with Gasteiger partial charge >= 0.3 is 0 Å². The van der Waals surface area contributed by atoms with Crippen LogP contribution >= 0.6 is 11.6 Å². The summed E-state index contributed by atoms with van der Waals surface area (Å²) in [6.45, 7) is 0. The van der Waals surface area contributed by atoms with Gasteiger partial charge in [-0.2, -0.15) is 0 Å². The SMILES string of the molecule is O=C(CCCC(=O)N(c1ccc(F)cc1)[C@H](C(=O)NC1CCCCC1)c1ccc(Cl)cc1)Nc1ccccn1. The lowest BCUT2D eigenvalue weighted by Gasteiger charge is -2.33. The van der Waals surface area contributed by atoms with Crippen molar-refractivity contribution >= 4 is 40.8 Å². The number of rotatable bonds is 10. The highest BCUT2D eigenvalue weighted by molar-refractivity contribution is 6.30. The first-order valence-electron chi connectivity index (χ1n) is 13.2. The summed E-state index contributed by atoms with van der Waals surface area (Å²) >= 11 is 6.12. The monoisotopic (exact) mass is 550 g/mol. The molecule has 7 nitrogen and oxygen atoms in total. The van der Waals surface area contributed by atoms with Gasteiger partial charge in [-0.1, -0.05) is 49.1 Å². The van der Waals surface area contributed by atoms with Gasteiger partial charge in [-0.15, -0.1) is 0 Å². The van der Waals surface area contributed by atoms with Gasteiger partial charge in [0.2, 0.25) is 17.7 Å². The van der Waals surface area contributed by atoms with Crippen molar-refractivity contribution in [3.63, 3.8) is 0 Å². The van der Waals surface area contributed by atoms with E-state index < -0.39 is 11.9 Å². The van der Waals surface area contributed by atoms with E-state index in [1.54, 1.807) is 48.7 Å². The van der Waals surface area contributed by atoms with Crippen molar-refractivity contribution in [2.45, 2.75) is 63.5 Å². The van der Waals surface area contributed by atoms with Crippen molar-refractivity contribution < 1.29 is 18.8 Å². The van der Waals surface area contributed by atoms with Crippen LogP contribution in [0.3, 0.4) is 0 Å². The average molecular weight is 551 g/mol. The molecule has 1 heterocycles. The van der Waals surface area contributed by atoms with Gasteiger partial charge in [-0.25, -0.2) is 9.37 Å². The predicted molar refractivity (Wildman–Crippen MR) is 150 cm³/mol. The molecule has 2 aromatic carbocycles. The summed E-state index contributed by atoms with van der Waals surface area (Å²) in [5.74, 6) is -0.948. The highest BCUT2D eigenvalue weighted by Crippen LogP contribution is 2.31. The molecule has 3 amide bonds. The lowest BCUT2D eigenvalue weighted by Crippen LogP contribution is -2.47. The fourth-order valence-corrected chi connectivity index (χ4v) is 4.92. The lowest BCUT2D eigenvalue weighted by atomic mass is 9.94. The van der Waals surface area contributed by atoms with Gasteiger partial charge in [0.15, 0.2) is 0 Å². The Hall–Kier alpha value is -3.78. The Balaban J connectivity index is 1.56. The van der Waals surface area contributed by atoms with Crippen LogP contribution in [0.2, 0.25) is 5.02 Å². The van der Waals surface area contributed by atoms with Crippen LogP contribution in [0.25, 0.3) is 0 Å². The molecule has 2 N–H and O–H groups in total. The molecule has 0 unspecified atom stereocenters. The van der Waals surface area contributed by atoms with E-state index in [0.717, 1.165) is 32.1 Å². The molecule has 0 spiro atoms. The van der Waals surface area contributed by atoms with Crippen LogP contribution in [0.4, 0.5) is 15.9 Å². The predicted octanol–water partition coefficient (Wildman–Crippen LogP) is 6.21. The van der Waals surface area contributed by atoms with Gasteiger partial charge in [-0.05, 0) is 73.4 Å². The van der Waals surface area contributed by atoms with Gasteiger partial charge in [-0.3, -0.25) is 19.3 Å². The zero-order valence-electron chi connectivity index (χ0n) is 21.6. The second-order valence-electron chi connectivity index (χ2n) is 9.65. The van der Waals surface area contributed by atoms with E-state index >= 15 is 0 Å². The molecule has 1 aliphatic rings. The van der Waals surface area contributed by atoms with Crippen LogP contribution in [0.15, 0.2) is 72.9 Å². The molecule has 1 atom stereocenters. The highest BCUT2D eigenvalue weighted by Gasteiger charge is 2.34. The van der Waals surface area contributed by atoms with Crippen molar-refractivity contribution in [3.05, 3.63) is 89.3 Å². The van der Waals surface area contributed by atoms with Crippen LogP contribution in [0, 0.1) is 5.82 Å². The molecule has 1 fully saturated rings. The summed E-state index contributed by atoms with van der Waals surface area (Å²) in [6.07, 6.45) is 6.93. The number of hydrogen-bond donors (Lipinski definition) is 2. The zero-order chi connectivity index (χ0) is 27.6. The van der Waals surface area contributed by atoms with Crippen LogP contribution in [0.1, 0.15) is 63.0 Å². The minimum Gasteiger partial charge on any atom is -0.351 e. The largest absolute Gasteiger partial charge is 0.351 e. The molecular formula is C30H32ClFN4O3. The maximum atomic E-state index is 13.8. The summed E-state index contributed by atoms with van der Waals surface area (Å²) in [6, 6.07) is 16.5. The average Bonchev–Trinajstić information content (AvgIpc) is 2.94. The molecule has 9 heteroatoms. The van der Waals surface area contributed by atoms with E-state index in [1.165, 1.54) is 29.2 Å². The minimum absolute atomic E-state index is 0.00775. The van der Waals surface area contributed by atoms with Gasteiger partial charge in [0.05, 0.1) is 0 Å². The number of pyridine rings is 1. The molecule has 1 aromatic heterocycles. The van der Waals surface area contributed by atoms with E-state index in [2.05, 4.69) is 15.6 Å². The Morgan fingerprint density at radius 2 is 1.67 bits per heavy atom. The topological polar surface area (TPSA) is 91.4 Å². The van der Waals surface area contributed by atoms with Crippen molar-refractivity contribution in [3.8, 4) is 0 Å². The first-order valence-corrected chi connectivity index (χ1v) is 13.6. The Bertz CT molecular complexity index is 1250. The summed E-state index contributed by atoms with van der Waals surface area (Å²) in [4.78, 5) is 45.4. The van der Waals surface area contributed by atoms with Crippen molar-refractivity contribution in [2.75, 3.05) is 10.2 Å². The maximum Gasteiger partial charge on any atom is 0.248 e. The van der Waals surface area contributed by atoms with Gasteiger partial charge in [0.25, 0.3) is 0 Å². The van der Waals surface area contributed by atoms with Gasteiger partial charge < -0.3 is 10.6 Å². The van der Waals surface area contributed by atoms with Crippen molar-refractivity contribution in [1.29, 1.82) is 0 Å². The molecular weight excluding hydrogens is 519 g/mol. The Morgan fingerprint density at radius 3 is 2.33 bits per heavy atom. The van der Waals surface area contributed by atoms with E-state index in [9.17, 15) is 18.8 Å². The normalized spacial score (nSPS) is 14.3. The summed E-state index contributed by atoms with van der Waals surface area (Å²) in [5, 5.41) is 6.35. The Labute approximate surface area is 232 Å². The number of carbonyl (C=O) groups is 3. The third-order valence-corrected chi connectivity index (χ3v) is 7.00. The highest BCUT2D eigenvalue weighted by atomic mass is 35.5. The number of carbonyl (C=O) groups excluding carboxylic acids is 3. The molecule has 1 saturated carbocycles. The van der Waals surface area contributed by atoms with Gasteiger partial charge in [0.1, 0.15) is 17.7 Å². The first-order chi connectivity index (χ1) is 18.9. The van der Waals surface area contributed by atoms with Crippen LogP contribution in [0.5, 0.6) is 0 Å². The van der Waals surface area contributed by atoms with Crippen LogP contribution in [-0.4, -0.2) is 28.7 Å². The smallest absolute Gasteiger partial charge is 0.248 e. The number of halogens is 2. The Kier molecular flexibility index (Phi) is 10.0. The lowest BCUT2D eigenvalue weighted by molar-refractivity contribution is -0.127. The van der Waals surface area contributed by atoms with E-state index in [-0.39, 0.29) is 43.0 Å². The number of nitrogens with one attached hydrogen (secondary N) is 2. The quantitative estimate of drug-likeness (QED) is 0.314. The maximum absolute atomic E-state index is 13.8. The Morgan fingerprint density at radius 1 is 0.949 bits per heavy atom. The molecule has 0 radical (unpaired) electrons. The number of anilines is 2. The van der Waals surface area contributed by atoms with E-state index in [0.29, 0.717) is 22.1 Å². The minimum atomic E-state index is -0.996. The standard InChI is InChI=1S/C30H32ClFN4O3/c31-22-14-12-21(13-15-22)29(30(39)34-24-7-2-1-3-8-24)36(25-18-16-23(32)17-19-25)28(38)11-6-10-27(37)35-26-9-4-5-20-33-26/h4-5,9,12-20,24,29H,1-3,6-8,10-11H2,(H,34,39)(H,33,35,37)/t29-/m0/s1. The molecule has 0 bridgehead atoms. The molecule has 39 heavy (non-hydrogen) atoms. The van der Waals surface area contributed by atoms with E-state index in [4.69, 9.17) is 11.6 Å². The van der Waals surface area contributed by atoms with Crippen molar-refractivity contribution in [2.24, 2.45) is 0 Å². The number of nitrogens with zero attached hydrogens (tertiary/aromatic N) is 2. The number of benzene rings is 2. The second-order valence-corrected chi connectivity index (χ2v) is 10.1. The molecule has 4 rings (SSSR count). The zero-order valence-corrected chi connectivity index (χ0v) is 22.4. The third kappa shape index (κ3) is 8.10. The van der Waals surface area contributed by atoms with Crippen LogP contribution in [-0.2, 0) is 14.4 Å². The summed E-state index contributed by atoms with van der Waals surface area (Å²) < 4.78 is 13.8. The summed E-state index contributed by atoms with van der Waals surface area (Å²) in [5.41, 5.74) is 0.969. The molecule has 3 aromatic rings. The summed E-state index contributed by atoms with van der Waals surface area (Å²) in [7, 11) is 0.